The second kappa shape index (κ2) is 6.46. The smallest absolute Gasteiger partial charge is 0.252 e. The minimum Gasteiger partial charge on any atom is -0.322 e. The van der Waals surface area contributed by atoms with Gasteiger partial charge in [0.25, 0.3) is 5.56 Å². The average molecular weight is 313 g/mol. The highest BCUT2D eigenvalue weighted by Gasteiger charge is 2.26. The van der Waals surface area contributed by atoms with E-state index in [9.17, 15) is 4.79 Å². The van der Waals surface area contributed by atoms with Gasteiger partial charge in [-0.3, -0.25) is 9.69 Å². The highest BCUT2D eigenvalue weighted by atomic mass is 16.1. The number of piperidine rings is 1. The molecule has 4 nitrogen and oxygen atoms in total. The van der Waals surface area contributed by atoms with E-state index in [1.54, 1.807) is 0 Å². The molecule has 1 aliphatic heterocycles. The summed E-state index contributed by atoms with van der Waals surface area (Å²) in [4.78, 5) is 17.7. The van der Waals surface area contributed by atoms with Crippen LogP contribution < -0.4 is 10.9 Å². The number of aromatic amines is 1. The van der Waals surface area contributed by atoms with Crippen LogP contribution >= 0.6 is 0 Å². The predicted molar refractivity (Wildman–Crippen MR) is 95.8 cm³/mol. The van der Waals surface area contributed by atoms with Crippen LogP contribution in [-0.2, 0) is 6.54 Å². The summed E-state index contributed by atoms with van der Waals surface area (Å²) in [5, 5.41) is 4.66. The molecular formula is C19H27N3O. The molecule has 0 amide bonds. The van der Waals surface area contributed by atoms with E-state index in [1.165, 1.54) is 0 Å². The van der Waals surface area contributed by atoms with E-state index < -0.39 is 0 Å². The minimum absolute atomic E-state index is 0.0170. The largest absolute Gasteiger partial charge is 0.322 e. The first-order valence-electron chi connectivity index (χ1n) is 8.53. The van der Waals surface area contributed by atoms with Crippen molar-refractivity contribution < 1.29 is 0 Å². The molecule has 0 saturated carbocycles. The maximum Gasteiger partial charge on any atom is 0.252 e. The van der Waals surface area contributed by atoms with Gasteiger partial charge in [0.15, 0.2) is 0 Å². The lowest BCUT2D eigenvalue weighted by molar-refractivity contribution is 0.0960. The van der Waals surface area contributed by atoms with Gasteiger partial charge in [-0.2, -0.15) is 0 Å². The Bertz CT molecular complexity index is 721. The number of rotatable bonds is 3. The van der Waals surface area contributed by atoms with Crippen molar-refractivity contribution in [2.75, 3.05) is 13.1 Å². The van der Waals surface area contributed by atoms with E-state index in [0.717, 1.165) is 42.4 Å². The summed E-state index contributed by atoms with van der Waals surface area (Å²) < 4.78 is 0. The second-order valence-corrected chi connectivity index (χ2v) is 7.52. The highest BCUT2D eigenvalue weighted by Crippen LogP contribution is 2.20. The van der Waals surface area contributed by atoms with Crippen molar-refractivity contribution in [2.45, 2.75) is 51.7 Å². The Kier molecular flexibility index (Phi) is 4.55. The molecule has 1 saturated heterocycles. The third-order valence-electron chi connectivity index (χ3n) is 4.86. The third kappa shape index (κ3) is 3.82. The van der Waals surface area contributed by atoms with Crippen LogP contribution in [0.1, 0.15) is 39.2 Å². The summed E-state index contributed by atoms with van der Waals surface area (Å²) in [6.07, 6.45) is 2.28. The number of pyridine rings is 1. The van der Waals surface area contributed by atoms with Gasteiger partial charge in [0.1, 0.15) is 0 Å². The summed E-state index contributed by atoms with van der Waals surface area (Å²) in [6, 6.07) is 10.4. The summed E-state index contributed by atoms with van der Waals surface area (Å²) in [5.41, 5.74) is 1.99. The fourth-order valence-electron chi connectivity index (χ4n) is 3.33. The van der Waals surface area contributed by atoms with Crippen LogP contribution in [0, 0.1) is 0 Å². The molecule has 1 aromatic carbocycles. The number of nitrogens with one attached hydrogen (secondary N) is 2. The minimum atomic E-state index is 0.0170. The van der Waals surface area contributed by atoms with Crippen molar-refractivity contribution in [3.8, 4) is 0 Å². The van der Waals surface area contributed by atoms with Gasteiger partial charge in [-0.15, -0.1) is 0 Å². The van der Waals surface area contributed by atoms with E-state index in [4.69, 9.17) is 0 Å². The Balaban J connectivity index is 1.61. The predicted octanol–water partition coefficient (Wildman–Crippen LogP) is 2.88. The zero-order chi connectivity index (χ0) is 16.4. The molecule has 0 radical (unpaired) electrons. The lowest BCUT2D eigenvalue weighted by Crippen LogP contribution is -2.50. The van der Waals surface area contributed by atoms with Crippen molar-refractivity contribution in [1.29, 1.82) is 0 Å². The lowest BCUT2D eigenvalue weighted by atomic mass is 9.98. The van der Waals surface area contributed by atoms with Gasteiger partial charge in [0.2, 0.25) is 0 Å². The highest BCUT2D eigenvalue weighted by molar-refractivity contribution is 5.78. The number of H-pyrrole nitrogens is 1. The van der Waals surface area contributed by atoms with Crippen molar-refractivity contribution in [3.05, 3.63) is 46.2 Å². The van der Waals surface area contributed by atoms with Gasteiger partial charge >= 0.3 is 0 Å². The van der Waals surface area contributed by atoms with Crippen LogP contribution in [0.2, 0.25) is 0 Å². The summed E-state index contributed by atoms with van der Waals surface area (Å²) in [7, 11) is 0. The molecule has 3 rings (SSSR count). The molecule has 0 spiro atoms. The average Bonchev–Trinajstić information content (AvgIpc) is 2.52. The van der Waals surface area contributed by atoms with Crippen LogP contribution in [0.5, 0.6) is 0 Å². The van der Waals surface area contributed by atoms with Crippen LogP contribution in [0.25, 0.3) is 10.9 Å². The molecule has 0 bridgehead atoms. The number of nitrogens with zero attached hydrogens (tertiary/aromatic N) is 1. The first kappa shape index (κ1) is 16.2. The quantitative estimate of drug-likeness (QED) is 0.916. The molecule has 1 aromatic heterocycles. The molecule has 0 unspecified atom stereocenters. The number of likely N-dealkylation sites (tertiary alicyclic amines) is 1. The van der Waals surface area contributed by atoms with Crippen molar-refractivity contribution in [1.82, 2.24) is 15.2 Å². The molecule has 4 heteroatoms. The maximum atomic E-state index is 12.2. The van der Waals surface area contributed by atoms with Crippen LogP contribution in [0.15, 0.2) is 35.1 Å². The molecule has 2 aromatic rings. The van der Waals surface area contributed by atoms with Gasteiger partial charge in [-0.1, -0.05) is 18.2 Å². The summed E-state index contributed by atoms with van der Waals surface area (Å²) in [5.74, 6) is 0. The van der Waals surface area contributed by atoms with Gasteiger partial charge in [0, 0.05) is 42.3 Å². The van der Waals surface area contributed by atoms with Crippen LogP contribution in [0.4, 0.5) is 0 Å². The van der Waals surface area contributed by atoms with Crippen molar-refractivity contribution in [2.24, 2.45) is 0 Å². The standard InChI is InChI=1S/C19H27N3O/c1-19(2,3)22-10-8-16(9-11-22)20-13-15-12-14-6-4-5-7-17(14)21-18(15)23/h4-7,12,16,20H,8-11,13H2,1-3H3,(H,21,23). The lowest BCUT2D eigenvalue weighted by Gasteiger charge is -2.41. The SMILES string of the molecule is CC(C)(C)N1CCC(NCc2cc3ccccc3[nH]c2=O)CC1. The Labute approximate surface area is 137 Å². The topological polar surface area (TPSA) is 48.1 Å². The molecule has 0 aliphatic carbocycles. The van der Waals surface area contributed by atoms with Crippen molar-refractivity contribution in [3.63, 3.8) is 0 Å². The molecule has 23 heavy (non-hydrogen) atoms. The summed E-state index contributed by atoms with van der Waals surface area (Å²) >= 11 is 0. The van der Waals surface area contributed by atoms with E-state index in [1.807, 2.05) is 30.3 Å². The zero-order valence-corrected chi connectivity index (χ0v) is 14.4. The molecule has 1 aliphatic rings. The monoisotopic (exact) mass is 313 g/mol. The Morgan fingerprint density at radius 1 is 1.22 bits per heavy atom. The van der Waals surface area contributed by atoms with E-state index >= 15 is 0 Å². The summed E-state index contributed by atoms with van der Waals surface area (Å²) in [6.45, 7) is 9.70. The molecule has 1 fully saturated rings. The maximum absolute atomic E-state index is 12.2. The van der Waals surface area contributed by atoms with Gasteiger partial charge in [-0.25, -0.2) is 0 Å². The van der Waals surface area contributed by atoms with Gasteiger partial charge in [0.05, 0.1) is 0 Å². The number of aromatic nitrogens is 1. The number of hydrogen-bond donors (Lipinski definition) is 2. The van der Waals surface area contributed by atoms with Gasteiger partial charge < -0.3 is 10.3 Å². The van der Waals surface area contributed by atoms with Crippen molar-refractivity contribution >= 4 is 10.9 Å². The third-order valence-corrected chi connectivity index (χ3v) is 4.86. The Morgan fingerprint density at radius 3 is 2.61 bits per heavy atom. The molecule has 0 atom stereocenters. The van der Waals surface area contributed by atoms with Gasteiger partial charge in [-0.05, 0) is 51.1 Å². The first-order chi connectivity index (χ1) is 10.9. The van der Waals surface area contributed by atoms with E-state index in [-0.39, 0.29) is 11.1 Å². The first-order valence-corrected chi connectivity index (χ1v) is 8.53. The normalized spacial score (nSPS) is 17.7. The molecule has 2 heterocycles. The second-order valence-electron chi connectivity index (χ2n) is 7.52. The number of para-hydroxylation sites is 1. The molecule has 2 N–H and O–H groups in total. The van der Waals surface area contributed by atoms with E-state index in [0.29, 0.717) is 12.6 Å². The fourth-order valence-corrected chi connectivity index (χ4v) is 3.33. The van der Waals surface area contributed by atoms with Crippen LogP contribution in [0.3, 0.4) is 0 Å². The van der Waals surface area contributed by atoms with E-state index in [2.05, 4.69) is 36.0 Å². The Morgan fingerprint density at radius 2 is 1.91 bits per heavy atom. The molecule has 124 valence electrons. The number of hydrogen-bond acceptors (Lipinski definition) is 3. The molecular weight excluding hydrogens is 286 g/mol. The fraction of sp³-hybridized carbons (Fsp3) is 0.526. The number of fused-ring (bicyclic) bond motifs is 1. The Hall–Kier alpha value is -1.65. The zero-order valence-electron chi connectivity index (χ0n) is 14.4. The number of benzene rings is 1. The van der Waals surface area contributed by atoms with Crippen LogP contribution in [-0.4, -0.2) is 34.6 Å².